The summed E-state index contributed by atoms with van der Waals surface area (Å²) in [7, 11) is 1.57. The van der Waals surface area contributed by atoms with Crippen LogP contribution in [0, 0.1) is 0 Å². The van der Waals surface area contributed by atoms with Crippen LogP contribution in [0.3, 0.4) is 0 Å². The molecule has 0 bridgehead atoms. The lowest BCUT2D eigenvalue weighted by atomic mass is 10.1. The number of hydrogen-bond donors (Lipinski definition) is 1. The standard InChI is InChI=1S/C20H20N2O3S/c1-13(14-6-4-3-5-7-14)22-20(21)26-12-15-10-19(23)25-18-11-16(24-2)8-9-17(15)18/h3-11,13H,12H2,1-2H3,(H2,21,22)/t13-/m0/s1. The van der Waals surface area contributed by atoms with Crippen LogP contribution in [0.4, 0.5) is 0 Å². The molecule has 0 aliphatic carbocycles. The van der Waals surface area contributed by atoms with E-state index in [1.54, 1.807) is 13.2 Å². The van der Waals surface area contributed by atoms with Crippen molar-refractivity contribution in [2.45, 2.75) is 18.7 Å². The van der Waals surface area contributed by atoms with Crippen molar-refractivity contribution in [1.29, 1.82) is 0 Å². The summed E-state index contributed by atoms with van der Waals surface area (Å²) in [6, 6.07) is 16.9. The zero-order valence-corrected chi connectivity index (χ0v) is 15.5. The van der Waals surface area contributed by atoms with E-state index in [0.29, 0.717) is 22.3 Å². The molecule has 0 aliphatic heterocycles. The molecule has 0 fully saturated rings. The van der Waals surface area contributed by atoms with Crippen LogP contribution >= 0.6 is 11.8 Å². The molecule has 134 valence electrons. The molecule has 6 heteroatoms. The molecular weight excluding hydrogens is 348 g/mol. The van der Waals surface area contributed by atoms with Crippen LogP contribution in [0.5, 0.6) is 5.75 Å². The smallest absolute Gasteiger partial charge is 0.336 e. The molecule has 2 N–H and O–H groups in total. The summed E-state index contributed by atoms with van der Waals surface area (Å²) in [6.45, 7) is 2.00. The molecule has 3 aromatic rings. The molecule has 5 nitrogen and oxygen atoms in total. The maximum Gasteiger partial charge on any atom is 0.336 e. The Morgan fingerprint density at radius 1 is 1.23 bits per heavy atom. The quantitative estimate of drug-likeness (QED) is 0.416. The highest BCUT2D eigenvalue weighted by molar-refractivity contribution is 8.13. The molecule has 1 atom stereocenters. The van der Waals surface area contributed by atoms with Crippen LogP contribution in [-0.2, 0) is 5.75 Å². The third kappa shape index (κ3) is 4.26. The highest BCUT2D eigenvalue weighted by Gasteiger charge is 2.09. The molecule has 2 aromatic carbocycles. The van der Waals surface area contributed by atoms with E-state index in [9.17, 15) is 4.79 Å². The van der Waals surface area contributed by atoms with Crippen LogP contribution in [0.25, 0.3) is 11.0 Å². The minimum atomic E-state index is -0.394. The fourth-order valence-electron chi connectivity index (χ4n) is 2.64. The number of ether oxygens (including phenoxy) is 1. The van der Waals surface area contributed by atoms with E-state index >= 15 is 0 Å². The lowest BCUT2D eigenvalue weighted by molar-refractivity contribution is 0.414. The van der Waals surface area contributed by atoms with Crippen molar-refractivity contribution >= 4 is 27.9 Å². The maximum absolute atomic E-state index is 11.8. The second kappa shape index (κ2) is 8.10. The van der Waals surface area contributed by atoms with Gasteiger partial charge in [-0.2, -0.15) is 0 Å². The monoisotopic (exact) mass is 368 g/mol. The molecule has 1 aromatic heterocycles. The Hall–Kier alpha value is -2.73. The Morgan fingerprint density at radius 3 is 2.73 bits per heavy atom. The van der Waals surface area contributed by atoms with Crippen LogP contribution in [-0.4, -0.2) is 12.3 Å². The summed E-state index contributed by atoms with van der Waals surface area (Å²) in [5, 5.41) is 1.35. The van der Waals surface area contributed by atoms with Crippen molar-refractivity contribution in [3.05, 3.63) is 76.1 Å². The van der Waals surface area contributed by atoms with E-state index in [4.69, 9.17) is 14.9 Å². The highest BCUT2D eigenvalue weighted by Crippen LogP contribution is 2.26. The molecule has 0 saturated carbocycles. The first-order valence-electron chi connectivity index (χ1n) is 8.18. The number of nitrogens with two attached hydrogens (primary N) is 1. The number of hydrogen-bond acceptors (Lipinski definition) is 5. The number of rotatable bonds is 5. The van der Waals surface area contributed by atoms with E-state index in [0.717, 1.165) is 16.5 Å². The summed E-state index contributed by atoms with van der Waals surface area (Å²) < 4.78 is 10.4. The van der Waals surface area contributed by atoms with Gasteiger partial charge in [0.25, 0.3) is 0 Å². The summed E-state index contributed by atoms with van der Waals surface area (Å²) >= 11 is 1.40. The van der Waals surface area contributed by atoms with Gasteiger partial charge in [0, 0.05) is 23.3 Å². The summed E-state index contributed by atoms with van der Waals surface area (Å²) in [5.74, 6) is 1.17. The van der Waals surface area contributed by atoms with E-state index < -0.39 is 5.63 Å². The van der Waals surface area contributed by atoms with E-state index in [1.165, 1.54) is 17.8 Å². The van der Waals surface area contributed by atoms with Crippen molar-refractivity contribution in [3.8, 4) is 5.75 Å². The molecule has 0 spiro atoms. The average Bonchev–Trinajstić information content (AvgIpc) is 2.66. The summed E-state index contributed by atoms with van der Waals surface area (Å²) in [6.07, 6.45) is 0. The Kier molecular flexibility index (Phi) is 5.63. The van der Waals surface area contributed by atoms with Crippen LogP contribution in [0.15, 0.2) is 68.8 Å². The predicted molar refractivity (Wildman–Crippen MR) is 107 cm³/mol. The molecule has 1 heterocycles. The lowest BCUT2D eigenvalue weighted by Gasteiger charge is -2.09. The van der Waals surface area contributed by atoms with E-state index in [2.05, 4.69) is 4.99 Å². The summed E-state index contributed by atoms with van der Waals surface area (Å²) in [5.41, 5.74) is 8.15. The number of amidine groups is 1. The number of nitrogens with zero attached hydrogens (tertiary/aromatic N) is 1. The zero-order chi connectivity index (χ0) is 18.5. The number of benzene rings is 2. The van der Waals surface area contributed by atoms with Gasteiger partial charge in [-0.25, -0.2) is 4.79 Å². The first kappa shape index (κ1) is 18.1. The topological polar surface area (TPSA) is 77.8 Å². The normalized spacial score (nSPS) is 12.9. The Morgan fingerprint density at radius 2 is 2.00 bits per heavy atom. The number of methoxy groups -OCH3 is 1. The van der Waals surface area contributed by atoms with E-state index in [1.807, 2.05) is 49.4 Å². The molecule has 0 unspecified atom stereocenters. The molecule has 0 saturated heterocycles. The Labute approximate surface area is 155 Å². The number of thioether (sulfide) groups is 1. The van der Waals surface area contributed by atoms with Gasteiger partial charge in [-0.05, 0) is 30.2 Å². The maximum atomic E-state index is 11.8. The second-order valence-corrected chi connectivity index (χ2v) is 6.79. The first-order chi connectivity index (χ1) is 12.6. The predicted octanol–water partition coefficient (Wildman–Crippen LogP) is 4.11. The van der Waals surface area contributed by atoms with Gasteiger partial charge in [0.2, 0.25) is 0 Å². The van der Waals surface area contributed by atoms with Gasteiger partial charge in [-0.1, -0.05) is 42.1 Å². The van der Waals surface area contributed by atoms with Crippen LogP contribution < -0.4 is 16.1 Å². The first-order valence-corrected chi connectivity index (χ1v) is 9.17. The second-order valence-electron chi connectivity index (χ2n) is 5.80. The number of fused-ring (bicyclic) bond motifs is 1. The van der Waals surface area contributed by atoms with Gasteiger partial charge in [0.05, 0.1) is 13.2 Å². The summed E-state index contributed by atoms with van der Waals surface area (Å²) in [4.78, 5) is 16.4. The minimum absolute atomic E-state index is 0.0226. The fraction of sp³-hybridized carbons (Fsp3) is 0.200. The molecular formula is C20H20N2O3S. The van der Waals surface area contributed by atoms with Gasteiger partial charge < -0.3 is 14.9 Å². The lowest BCUT2D eigenvalue weighted by Crippen LogP contribution is -2.09. The van der Waals surface area contributed by atoms with Crippen molar-refractivity contribution in [2.24, 2.45) is 10.7 Å². The van der Waals surface area contributed by atoms with Gasteiger partial charge in [0.15, 0.2) is 5.17 Å². The van der Waals surface area contributed by atoms with Crippen LogP contribution in [0.2, 0.25) is 0 Å². The van der Waals surface area contributed by atoms with Crippen molar-refractivity contribution < 1.29 is 9.15 Å². The van der Waals surface area contributed by atoms with Crippen LogP contribution in [0.1, 0.15) is 24.1 Å². The van der Waals surface area contributed by atoms with E-state index in [-0.39, 0.29) is 6.04 Å². The number of aliphatic imine (C=N–C) groups is 1. The third-order valence-corrected chi connectivity index (χ3v) is 4.87. The molecule has 0 amide bonds. The molecule has 0 aliphatic rings. The average molecular weight is 368 g/mol. The van der Waals surface area contributed by atoms with Crippen molar-refractivity contribution in [1.82, 2.24) is 0 Å². The molecule has 26 heavy (non-hydrogen) atoms. The Bertz CT molecular complexity index is 983. The zero-order valence-electron chi connectivity index (χ0n) is 14.6. The third-order valence-electron chi connectivity index (χ3n) is 4.02. The van der Waals surface area contributed by atoms with Gasteiger partial charge >= 0.3 is 5.63 Å². The molecule has 3 rings (SSSR count). The van der Waals surface area contributed by atoms with Crippen molar-refractivity contribution in [3.63, 3.8) is 0 Å². The van der Waals surface area contributed by atoms with Gasteiger partial charge in [-0.3, -0.25) is 4.99 Å². The van der Waals surface area contributed by atoms with Crippen molar-refractivity contribution in [2.75, 3.05) is 7.11 Å². The molecule has 0 radical (unpaired) electrons. The van der Waals surface area contributed by atoms with Gasteiger partial charge in [0.1, 0.15) is 11.3 Å². The SMILES string of the molecule is COc1ccc2c(CSC(N)=N[C@@H](C)c3ccccc3)cc(=O)oc2c1. The minimum Gasteiger partial charge on any atom is -0.497 e. The highest BCUT2D eigenvalue weighted by atomic mass is 32.2. The van der Waals surface area contributed by atoms with Gasteiger partial charge in [-0.15, -0.1) is 0 Å². The largest absolute Gasteiger partial charge is 0.497 e. The fourth-order valence-corrected chi connectivity index (χ4v) is 3.42. The Balaban J connectivity index is 1.79.